The Balaban J connectivity index is 1.35. The van der Waals surface area contributed by atoms with Gasteiger partial charge in [-0.1, -0.05) is 12.1 Å². The number of para-hydroxylation sites is 2. The van der Waals surface area contributed by atoms with Crippen molar-refractivity contribution >= 4 is 34.0 Å². The lowest BCUT2D eigenvalue weighted by molar-refractivity contribution is -0.128. The summed E-state index contributed by atoms with van der Waals surface area (Å²) in [5.41, 5.74) is 0.648. The zero-order chi connectivity index (χ0) is 18.8. The second-order valence-electron chi connectivity index (χ2n) is 6.80. The number of piperidine rings is 1. The van der Waals surface area contributed by atoms with E-state index in [2.05, 4.69) is 15.2 Å². The van der Waals surface area contributed by atoms with Crippen LogP contribution in [-0.2, 0) is 9.59 Å². The van der Waals surface area contributed by atoms with Gasteiger partial charge in [-0.2, -0.15) is 0 Å². The van der Waals surface area contributed by atoms with E-state index in [0.717, 1.165) is 31.1 Å². The zero-order valence-electron chi connectivity index (χ0n) is 15.1. The van der Waals surface area contributed by atoms with E-state index in [0.29, 0.717) is 11.4 Å². The lowest BCUT2D eigenvalue weighted by Crippen LogP contribution is -2.51. The van der Waals surface area contributed by atoms with Crippen LogP contribution in [0.3, 0.4) is 0 Å². The van der Waals surface area contributed by atoms with E-state index in [1.165, 1.54) is 4.90 Å². The number of carbonyl (C=O) groups is 2. The van der Waals surface area contributed by atoms with Crippen molar-refractivity contribution in [1.29, 1.82) is 0 Å². The molecule has 1 saturated heterocycles. The summed E-state index contributed by atoms with van der Waals surface area (Å²) in [5, 5.41) is 6.09. The Hall–Kier alpha value is -2.61. The van der Waals surface area contributed by atoms with Crippen LogP contribution in [0.4, 0.5) is 10.8 Å². The Bertz CT molecular complexity index is 818. The van der Waals surface area contributed by atoms with Gasteiger partial charge >= 0.3 is 0 Å². The van der Waals surface area contributed by atoms with E-state index >= 15 is 0 Å². The summed E-state index contributed by atoms with van der Waals surface area (Å²) < 4.78 is 5.62. The van der Waals surface area contributed by atoms with Crippen LogP contribution < -0.4 is 19.9 Å². The minimum Gasteiger partial charge on any atom is -0.479 e. The largest absolute Gasteiger partial charge is 0.479 e. The smallest absolute Gasteiger partial charge is 0.268 e. The van der Waals surface area contributed by atoms with Crippen LogP contribution >= 0.6 is 11.3 Å². The Morgan fingerprint density at radius 2 is 2.11 bits per heavy atom. The van der Waals surface area contributed by atoms with Crippen LogP contribution in [0.25, 0.3) is 0 Å². The summed E-state index contributed by atoms with van der Waals surface area (Å²) in [7, 11) is 0. The topological polar surface area (TPSA) is 74.8 Å². The molecule has 2 aromatic rings. The fourth-order valence-corrected chi connectivity index (χ4v) is 4.22. The van der Waals surface area contributed by atoms with Gasteiger partial charge in [-0.05, 0) is 31.9 Å². The molecule has 2 amide bonds. The molecule has 1 fully saturated rings. The van der Waals surface area contributed by atoms with Gasteiger partial charge < -0.3 is 15.0 Å². The van der Waals surface area contributed by atoms with Gasteiger partial charge in [0.2, 0.25) is 5.91 Å². The highest BCUT2D eigenvalue weighted by atomic mass is 32.1. The first-order valence-corrected chi connectivity index (χ1v) is 10.0. The van der Waals surface area contributed by atoms with Crippen LogP contribution in [0.15, 0.2) is 35.8 Å². The fraction of sp³-hybridized carbons (Fsp3) is 0.421. The molecule has 3 heterocycles. The number of hydrogen-bond acceptors (Lipinski definition) is 6. The second kappa shape index (κ2) is 7.56. The average Bonchev–Trinajstić information content (AvgIpc) is 3.21. The first-order chi connectivity index (χ1) is 13.1. The summed E-state index contributed by atoms with van der Waals surface area (Å²) in [6.07, 6.45) is 2.96. The number of amides is 2. The van der Waals surface area contributed by atoms with Crippen LogP contribution in [0.2, 0.25) is 0 Å². The number of benzene rings is 1. The molecule has 0 spiro atoms. The molecule has 7 nitrogen and oxygen atoms in total. The standard InChI is InChI=1S/C19H22N4O3S/c1-13-18(25)23(15-4-2-3-5-16(15)26-13)12-17(24)21-14-6-9-22(10-7-14)19-20-8-11-27-19/h2-5,8,11,13-14H,6-7,9-10,12H2,1H3,(H,21,24). The van der Waals surface area contributed by atoms with E-state index in [-0.39, 0.29) is 24.4 Å². The van der Waals surface area contributed by atoms with Crippen molar-refractivity contribution in [2.75, 3.05) is 29.4 Å². The molecule has 0 saturated carbocycles. The van der Waals surface area contributed by atoms with Crippen LogP contribution in [-0.4, -0.2) is 48.6 Å². The molecule has 1 N–H and O–H groups in total. The van der Waals surface area contributed by atoms with Gasteiger partial charge in [-0.3, -0.25) is 14.5 Å². The summed E-state index contributed by atoms with van der Waals surface area (Å²) in [4.78, 5) is 33.2. The zero-order valence-corrected chi connectivity index (χ0v) is 15.9. The predicted molar refractivity (Wildman–Crippen MR) is 104 cm³/mol. The summed E-state index contributed by atoms with van der Waals surface area (Å²) in [6.45, 7) is 3.46. The van der Waals surface area contributed by atoms with Gasteiger partial charge in [0.05, 0.1) is 5.69 Å². The maximum atomic E-state index is 12.6. The molecule has 8 heteroatoms. The van der Waals surface area contributed by atoms with E-state index in [9.17, 15) is 9.59 Å². The molecular formula is C19H22N4O3S. The Labute approximate surface area is 161 Å². The Morgan fingerprint density at radius 1 is 1.33 bits per heavy atom. The second-order valence-corrected chi connectivity index (χ2v) is 7.67. The van der Waals surface area contributed by atoms with Gasteiger partial charge in [0, 0.05) is 30.7 Å². The quantitative estimate of drug-likeness (QED) is 0.870. The number of ether oxygens (including phenoxy) is 1. The molecular weight excluding hydrogens is 364 g/mol. The first kappa shape index (κ1) is 17.8. The summed E-state index contributed by atoms with van der Waals surface area (Å²) in [5.74, 6) is 0.302. The van der Waals surface area contributed by atoms with Crippen molar-refractivity contribution in [2.45, 2.75) is 31.9 Å². The minimum atomic E-state index is -0.589. The SMILES string of the molecule is CC1Oc2ccccc2N(CC(=O)NC2CCN(c3nccs3)CC2)C1=O. The summed E-state index contributed by atoms with van der Waals surface area (Å²) >= 11 is 1.63. The summed E-state index contributed by atoms with van der Waals surface area (Å²) in [6, 6.07) is 7.44. The number of carbonyl (C=O) groups excluding carboxylic acids is 2. The maximum Gasteiger partial charge on any atom is 0.268 e. The number of nitrogens with one attached hydrogen (secondary N) is 1. The van der Waals surface area contributed by atoms with Crippen molar-refractivity contribution < 1.29 is 14.3 Å². The molecule has 0 aliphatic carbocycles. The van der Waals surface area contributed by atoms with Gasteiger partial charge in [0.15, 0.2) is 11.2 Å². The minimum absolute atomic E-state index is 0.0102. The lowest BCUT2D eigenvalue weighted by Gasteiger charge is -2.34. The molecule has 0 bridgehead atoms. The number of fused-ring (bicyclic) bond motifs is 1. The Morgan fingerprint density at radius 3 is 2.85 bits per heavy atom. The molecule has 4 rings (SSSR count). The molecule has 1 aromatic carbocycles. The van der Waals surface area contributed by atoms with Crippen molar-refractivity contribution in [3.63, 3.8) is 0 Å². The number of thiazole rings is 1. The third kappa shape index (κ3) is 3.75. The molecule has 142 valence electrons. The van der Waals surface area contributed by atoms with E-state index in [1.54, 1.807) is 24.3 Å². The molecule has 2 aliphatic rings. The highest BCUT2D eigenvalue weighted by Crippen LogP contribution is 2.33. The van der Waals surface area contributed by atoms with Gasteiger partial charge in [0.25, 0.3) is 5.91 Å². The maximum absolute atomic E-state index is 12.6. The molecule has 0 radical (unpaired) electrons. The van der Waals surface area contributed by atoms with Gasteiger partial charge in [0.1, 0.15) is 12.3 Å². The number of anilines is 2. The number of rotatable bonds is 4. The molecule has 2 aliphatic heterocycles. The first-order valence-electron chi connectivity index (χ1n) is 9.12. The highest BCUT2D eigenvalue weighted by Gasteiger charge is 2.33. The molecule has 1 atom stereocenters. The van der Waals surface area contributed by atoms with Gasteiger partial charge in [-0.25, -0.2) is 4.98 Å². The molecule has 1 unspecified atom stereocenters. The third-order valence-corrected chi connectivity index (χ3v) is 5.76. The number of hydrogen-bond donors (Lipinski definition) is 1. The highest BCUT2D eigenvalue weighted by molar-refractivity contribution is 7.13. The van der Waals surface area contributed by atoms with E-state index in [1.807, 2.05) is 29.8 Å². The van der Waals surface area contributed by atoms with Gasteiger partial charge in [-0.15, -0.1) is 11.3 Å². The number of aromatic nitrogens is 1. The third-order valence-electron chi connectivity index (χ3n) is 4.93. The van der Waals surface area contributed by atoms with Crippen LogP contribution in [0.1, 0.15) is 19.8 Å². The Kier molecular flexibility index (Phi) is 4.98. The van der Waals surface area contributed by atoms with Crippen molar-refractivity contribution in [1.82, 2.24) is 10.3 Å². The van der Waals surface area contributed by atoms with Crippen LogP contribution in [0, 0.1) is 0 Å². The normalized spacial score (nSPS) is 20.2. The van der Waals surface area contributed by atoms with Crippen molar-refractivity contribution in [2.24, 2.45) is 0 Å². The van der Waals surface area contributed by atoms with E-state index in [4.69, 9.17) is 4.74 Å². The fourth-order valence-electron chi connectivity index (χ4n) is 3.53. The molecule has 27 heavy (non-hydrogen) atoms. The predicted octanol–water partition coefficient (Wildman–Crippen LogP) is 2.04. The average molecular weight is 386 g/mol. The van der Waals surface area contributed by atoms with E-state index < -0.39 is 6.10 Å². The van der Waals surface area contributed by atoms with Crippen LogP contribution in [0.5, 0.6) is 5.75 Å². The monoisotopic (exact) mass is 386 g/mol. The lowest BCUT2D eigenvalue weighted by atomic mass is 10.1. The van der Waals surface area contributed by atoms with Crippen molar-refractivity contribution in [3.8, 4) is 5.75 Å². The molecule has 1 aromatic heterocycles. The number of nitrogens with zero attached hydrogens (tertiary/aromatic N) is 3. The van der Waals surface area contributed by atoms with Crippen molar-refractivity contribution in [3.05, 3.63) is 35.8 Å².